The van der Waals surface area contributed by atoms with Gasteiger partial charge in [-0.25, -0.2) is 0 Å². The molecule has 0 radical (unpaired) electrons. The van der Waals surface area contributed by atoms with Gasteiger partial charge >= 0.3 is 0 Å². The maximum atomic E-state index is 12.8. The van der Waals surface area contributed by atoms with Gasteiger partial charge < -0.3 is 14.0 Å². The molecule has 1 fully saturated rings. The van der Waals surface area contributed by atoms with Crippen LogP contribution in [0.25, 0.3) is 22.8 Å². The Kier molecular flexibility index (Phi) is 3.75. The maximum Gasteiger partial charge on any atom is 0.258 e. The third-order valence-corrected chi connectivity index (χ3v) is 5.09. The van der Waals surface area contributed by atoms with E-state index in [1.165, 1.54) is 0 Å². The molecular formula is C20H17N3O4. The Labute approximate surface area is 155 Å². The summed E-state index contributed by atoms with van der Waals surface area (Å²) in [6, 6.07) is 9.09. The van der Waals surface area contributed by atoms with E-state index in [2.05, 4.69) is 15.1 Å². The fraction of sp³-hybridized carbons (Fsp3) is 0.300. The quantitative estimate of drug-likeness (QED) is 0.690. The van der Waals surface area contributed by atoms with Gasteiger partial charge in [0.15, 0.2) is 5.78 Å². The van der Waals surface area contributed by atoms with Crippen molar-refractivity contribution in [2.24, 2.45) is 0 Å². The predicted octanol–water partition coefficient (Wildman–Crippen LogP) is 3.31. The first-order valence-corrected chi connectivity index (χ1v) is 8.91. The van der Waals surface area contributed by atoms with Gasteiger partial charge in [0, 0.05) is 36.4 Å². The lowest BCUT2D eigenvalue weighted by molar-refractivity contribution is -0.0504. The number of benzene rings is 1. The molecule has 136 valence electrons. The summed E-state index contributed by atoms with van der Waals surface area (Å²) in [5, 5.41) is 4.01. The first-order valence-electron chi connectivity index (χ1n) is 8.91. The van der Waals surface area contributed by atoms with E-state index in [1.807, 2.05) is 24.3 Å². The zero-order valence-corrected chi connectivity index (χ0v) is 14.6. The van der Waals surface area contributed by atoms with Crippen LogP contribution in [0, 0.1) is 0 Å². The van der Waals surface area contributed by atoms with Crippen LogP contribution in [0.4, 0.5) is 0 Å². The molecule has 7 nitrogen and oxygen atoms in total. The van der Waals surface area contributed by atoms with E-state index < -0.39 is 5.60 Å². The number of ether oxygens (including phenoxy) is 2. The lowest BCUT2D eigenvalue weighted by atomic mass is 9.84. The second-order valence-electron chi connectivity index (χ2n) is 6.87. The Morgan fingerprint density at radius 3 is 2.78 bits per heavy atom. The highest BCUT2D eigenvalue weighted by Gasteiger charge is 2.42. The van der Waals surface area contributed by atoms with Crippen LogP contribution in [0.1, 0.15) is 29.6 Å². The first-order chi connectivity index (χ1) is 13.2. The highest BCUT2D eigenvalue weighted by atomic mass is 16.5. The normalized spacial score (nSPS) is 18.1. The van der Waals surface area contributed by atoms with E-state index in [-0.39, 0.29) is 5.78 Å². The number of hydrogen-bond acceptors (Lipinski definition) is 7. The summed E-state index contributed by atoms with van der Waals surface area (Å²) in [6.45, 7) is 1.25. The molecule has 0 saturated carbocycles. The van der Waals surface area contributed by atoms with Crippen LogP contribution in [0.2, 0.25) is 0 Å². The van der Waals surface area contributed by atoms with Crippen LogP contribution in [0.15, 0.2) is 47.2 Å². The molecule has 2 aromatic heterocycles. The monoisotopic (exact) mass is 363 g/mol. The number of fused-ring (bicyclic) bond motifs is 1. The third kappa shape index (κ3) is 2.90. The first kappa shape index (κ1) is 16.1. The number of hydrogen-bond donors (Lipinski definition) is 0. The van der Waals surface area contributed by atoms with Crippen molar-refractivity contribution >= 4 is 5.78 Å². The number of carbonyl (C=O) groups excluding carboxylic acids is 1. The molecule has 5 rings (SSSR count). The molecule has 3 aromatic rings. The zero-order valence-electron chi connectivity index (χ0n) is 14.6. The summed E-state index contributed by atoms with van der Waals surface area (Å²) in [5.41, 5.74) is 1.59. The fourth-order valence-corrected chi connectivity index (χ4v) is 3.60. The molecule has 0 atom stereocenters. The van der Waals surface area contributed by atoms with Gasteiger partial charge in [-0.15, -0.1) is 0 Å². The van der Waals surface area contributed by atoms with Crippen LogP contribution in [0.3, 0.4) is 0 Å². The number of rotatable bonds is 2. The van der Waals surface area contributed by atoms with E-state index in [1.54, 1.807) is 18.5 Å². The Hall–Kier alpha value is -3.06. The molecule has 0 N–H and O–H groups in total. The molecule has 7 heteroatoms. The number of Topliss-reactive ketones (excluding diaryl/α,β-unsaturated/α-hetero) is 1. The molecule has 0 aliphatic carbocycles. The third-order valence-electron chi connectivity index (χ3n) is 5.09. The topological polar surface area (TPSA) is 87.3 Å². The highest BCUT2D eigenvalue weighted by molar-refractivity contribution is 6.01. The van der Waals surface area contributed by atoms with Gasteiger partial charge in [0.25, 0.3) is 5.89 Å². The lowest BCUT2D eigenvalue weighted by Crippen LogP contribution is -2.46. The van der Waals surface area contributed by atoms with Gasteiger partial charge in [0.2, 0.25) is 5.82 Å². The molecule has 1 aromatic carbocycles. The van der Waals surface area contributed by atoms with E-state index in [0.717, 1.165) is 18.4 Å². The minimum atomic E-state index is -0.429. The second-order valence-corrected chi connectivity index (χ2v) is 6.87. The minimum absolute atomic E-state index is 0.0759. The van der Waals surface area contributed by atoms with Crippen molar-refractivity contribution in [2.75, 3.05) is 13.2 Å². The van der Waals surface area contributed by atoms with E-state index >= 15 is 0 Å². The van der Waals surface area contributed by atoms with Gasteiger partial charge in [0.05, 0.1) is 25.2 Å². The van der Waals surface area contributed by atoms with E-state index in [9.17, 15) is 4.79 Å². The number of nitrogens with zero attached hydrogens (tertiary/aromatic N) is 3. The van der Waals surface area contributed by atoms with Gasteiger partial charge in [-0.3, -0.25) is 9.78 Å². The molecule has 0 unspecified atom stereocenters. The summed E-state index contributed by atoms with van der Waals surface area (Å²) < 4.78 is 17.0. The average Bonchev–Trinajstić information content (AvgIpc) is 3.19. The van der Waals surface area contributed by atoms with Crippen LogP contribution in [0.5, 0.6) is 5.75 Å². The van der Waals surface area contributed by atoms with Gasteiger partial charge in [-0.1, -0.05) is 5.16 Å². The predicted molar refractivity (Wildman–Crippen MR) is 95.3 cm³/mol. The van der Waals surface area contributed by atoms with Crippen LogP contribution < -0.4 is 4.74 Å². The smallest absolute Gasteiger partial charge is 0.258 e. The molecule has 4 heterocycles. The number of pyridine rings is 1. The van der Waals surface area contributed by atoms with E-state index in [0.29, 0.717) is 48.2 Å². The van der Waals surface area contributed by atoms with Crippen molar-refractivity contribution in [2.45, 2.75) is 24.9 Å². The fourth-order valence-electron chi connectivity index (χ4n) is 3.60. The maximum absolute atomic E-state index is 12.8. The number of ketones is 1. The van der Waals surface area contributed by atoms with Crippen molar-refractivity contribution in [1.29, 1.82) is 0 Å². The average molecular weight is 363 g/mol. The van der Waals surface area contributed by atoms with Gasteiger partial charge in [-0.2, -0.15) is 4.98 Å². The molecule has 1 saturated heterocycles. The minimum Gasteiger partial charge on any atom is -0.486 e. The van der Waals surface area contributed by atoms with Crippen molar-refractivity contribution in [3.05, 3.63) is 48.3 Å². The van der Waals surface area contributed by atoms with Crippen molar-refractivity contribution < 1.29 is 18.8 Å². The van der Waals surface area contributed by atoms with Crippen LogP contribution >= 0.6 is 0 Å². The largest absolute Gasteiger partial charge is 0.486 e. The van der Waals surface area contributed by atoms with E-state index in [4.69, 9.17) is 14.0 Å². The summed E-state index contributed by atoms with van der Waals surface area (Å²) in [6.07, 6.45) is 5.20. The van der Waals surface area contributed by atoms with Crippen LogP contribution in [-0.4, -0.2) is 39.7 Å². The van der Waals surface area contributed by atoms with Gasteiger partial charge in [0.1, 0.15) is 11.4 Å². The molecular weight excluding hydrogens is 346 g/mol. The van der Waals surface area contributed by atoms with Crippen molar-refractivity contribution in [1.82, 2.24) is 15.1 Å². The second kappa shape index (κ2) is 6.28. The SMILES string of the molecule is O=C1CC2(CCOCC2)Oc2ccc(-c3nc(-c4cccnc4)no3)cc21. The Morgan fingerprint density at radius 2 is 1.96 bits per heavy atom. The summed E-state index contributed by atoms with van der Waals surface area (Å²) in [7, 11) is 0. The van der Waals surface area contributed by atoms with Crippen molar-refractivity contribution in [3.8, 4) is 28.6 Å². The number of carbonyl (C=O) groups is 1. The van der Waals surface area contributed by atoms with Gasteiger partial charge in [-0.05, 0) is 30.3 Å². The summed E-state index contributed by atoms with van der Waals surface area (Å²) >= 11 is 0. The van der Waals surface area contributed by atoms with Crippen LogP contribution in [-0.2, 0) is 4.74 Å². The Bertz CT molecular complexity index is 993. The Balaban J connectivity index is 1.46. The molecule has 1 spiro atoms. The lowest BCUT2D eigenvalue weighted by Gasteiger charge is -2.40. The number of aromatic nitrogens is 3. The van der Waals surface area contributed by atoms with Crippen molar-refractivity contribution in [3.63, 3.8) is 0 Å². The Morgan fingerprint density at radius 1 is 1.07 bits per heavy atom. The highest BCUT2D eigenvalue weighted by Crippen LogP contribution is 2.40. The molecule has 2 aliphatic heterocycles. The summed E-state index contributed by atoms with van der Waals surface area (Å²) in [5.74, 6) is 1.51. The molecule has 0 bridgehead atoms. The molecule has 27 heavy (non-hydrogen) atoms. The molecule has 2 aliphatic rings. The zero-order chi connectivity index (χ0) is 18.3. The molecule has 0 amide bonds. The standard InChI is InChI=1S/C20H17N3O4/c24-16-11-20(5-8-25-9-6-20)26-17-4-3-13(10-15(16)17)19-22-18(23-27-19)14-2-1-7-21-12-14/h1-4,7,10,12H,5-6,8-9,11H2. The summed E-state index contributed by atoms with van der Waals surface area (Å²) in [4.78, 5) is 21.3.